The Balaban J connectivity index is 1.46. The predicted molar refractivity (Wildman–Crippen MR) is 115 cm³/mol. The molecule has 0 radical (unpaired) electrons. The molecule has 1 N–H and O–H groups in total. The predicted octanol–water partition coefficient (Wildman–Crippen LogP) is 4.42. The van der Waals surface area contributed by atoms with Gasteiger partial charge in [0.25, 0.3) is 11.8 Å². The van der Waals surface area contributed by atoms with Gasteiger partial charge in [-0.15, -0.1) is 0 Å². The average Bonchev–Trinajstić information content (AvgIpc) is 2.77. The fourth-order valence-electron chi connectivity index (χ4n) is 3.10. The summed E-state index contributed by atoms with van der Waals surface area (Å²) < 4.78 is 24.1. The van der Waals surface area contributed by atoms with E-state index in [0.29, 0.717) is 27.9 Å². The number of carbonyl (C=O) groups excluding carboxylic acids is 2. The molecule has 0 saturated heterocycles. The molecule has 3 aromatic carbocycles. The second-order valence-electron chi connectivity index (χ2n) is 6.87. The molecule has 1 aliphatic heterocycles. The summed E-state index contributed by atoms with van der Waals surface area (Å²) in [5.74, 6) is 0.115. The number of amides is 2. The van der Waals surface area contributed by atoms with Crippen LogP contribution >= 0.6 is 11.6 Å². The molecule has 158 valence electrons. The van der Waals surface area contributed by atoms with E-state index in [9.17, 15) is 14.0 Å². The Kier molecular flexibility index (Phi) is 6.04. The maximum Gasteiger partial charge on any atom is 0.265 e. The van der Waals surface area contributed by atoms with Crippen molar-refractivity contribution in [3.8, 4) is 11.5 Å². The number of anilines is 2. The molecule has 0 bridgehead atoms. The van der Waals surface area contributed by atoms with E-state index in [1.54, 1.807) is 59.5 Å². The van der Waals surface area contributed by atoms with Gasteiger partial charge in [0.2, 0.25) is 0 Å². The van der Waals surface area contributed by atoms with E-state index in [0.717, 1.165) is 5.56 Å². The Bertz CT molecular complexity index is 1100. The molecule has 6 nitrogen and oxygen atoms in total. The van der Waals surface area contributed by atoms with Crippen LogP contribution in [0.4, 0.5) is 15.8 Å². The third-order valence-electron chi connectivity index (χ3n) is 4.62. The van der Waals surface area contributed by atoms with E-state index in [-0.39, 0.29) is 37.4 Å². The molecular weight excluding hydrogens is 423 g/mol. The van der Waals surface area contributed by atoms with Gasteiger partial charge in [-0.2, -0.15) is 0 Å². The van der Waals surface area contributed by atoms with Crippen LogP contribution < -0.4 is 19.7 Å². The van der Waals surface area contributed by atoms with Gasteiger partial charge in [0.1, 0.15) is 17.3 Å². The smallest absolute Gasteiger partial charge is 0.265 e. The fourth-order valence-corrected chi connectivity index (χ4v) is 3.23. The first-order valence-corrected chi connectivity index (χ1v) is 9.85. The van der Waals surface area contributed by atoms with Gasteiger partial charge in [-0.3, -0.25) is 9.59 Å². The molecule has 8 heteroatoms. The van der Waals surface area contributed by atoms with Gasteiger partial charge >= 0.3 is 0 Å². The summed E-state index contributed by atoms with van der Waals surface area (Å²) in [6.07, 6.45) is 0. The van der Waals surface area contributed by atoms with Gasteiger partial charge in [0, 0.05) is 10.7 Å². The lowest BCUT2D eigenvalue weighted by Crippen LogP contribution is -2.38. The van der Waals surface area contributed by atoms with Gasteiger partial charge in [-0.1, -0.05) is 23.7 Å². The summed E-state index contributed by atoms with van der Waals surface area (Å²) in [4.78, 5) is 26.3. The van der Waals surface area contributed by atoms with Crippen LogP contribution in [-0.4, -0.2) is 25.0 Å². The van der Waals surface area contributed by atoms with Crippen LogP contribution in [0.2, 0.25) is 5.02 Å². The van der Waals surface area contributed by atoms with Crippen LogP contribution in [0.3, 0.4) is 0 Å². The molecule has 0 aliphatic carbocycles. The van der Waals surface area contributed by atoms with Crippen molar-refractivity contribution in [2.45, 2.75) is 6.54 Å². The number of halogens is 2. The first kappa shape index (κ1) is 20.7. The Morgan fingerprint density at radius 1 is 1.10 bits per heavy atom. The molecule has 3 aromatic rings. The zero-order chi connectivity index (χ0) is 21.8. The maximum atomic E-state index is 13.2. The SMILES string of the molecule is O=C(COc1ccc(Cl)cc1)Nc1ccc2c(c1)N(Cc1ccc(F)cc1)C(=O)CO2. The third kappa shape index (κ3) is 5.13. The summed E-state index contributed by atoms with van der Waals surface area (Å²) in [6.45, 7) is -0.0190. The number of nitrogens with one attached hydrogen (secondary N) is 1. The molecule has 4 rings (SSSR count). The first-order chi connectivity index (χ1) is 15.0. The van der Waals surface area contributed by atoms with Crippen LogP contribution in [0, 0.1) is 5.82 Å². The van der Waals surface area contributed by atoms with Gasteiger partial charge in [0.05, 0.1) is 12.2 Å². The minimum atomic E-state index is -0.358. The van der Waals surface area contributed by atoms with Crippen molar-refractivity contribution in [1.29, 1.82) is 0 Å². The van der Waals surface area contributed by atoms with E-state index in [4.69, 9.17) is 21.1 Å². The lowest BCUT2D eigenvalue weighted by atomic mass is 10.1. The number of nitrogens with zero attached hydrogens (tertiary/aromatic N) is 1. The van der Waals surface area contributed by atoms with E-state index in [1.165, 1.54) is 12.1 Å². The molecule has 1 aliphatic rings. The van der Waals surface area contributed by atoms with Crippen LogP contribution in [0.5, 0.6) is 11.5 Å². The quantitative estimate of drug-likeness (QED) is 0.616. The highest BCUT2D eigenvalue weighted by molar-refractivity contribution is 6.30. The largest absolute Gasteiger partial charge is 0.484 e. The van der Waals surface area contributed by atoms with Crippen molar-refractivity contribution in [2.24, 2.45) is 0 Å². The molecule has 0 unspecified atom stereocenters. The van der Waals surface area contributed by atoms with Crippen molar-refractivity contribution in [3.63, 3.8) is 0 Å². The lowest BCUT2D eigenvalue weighted by molar-refractivity contribution is -0.121. The molecule has 0 saturated carbocycles. The normalized spacial score (nSPS) is 12.7. The molecule has 31 heavy (non-hydrogen) atoms. The van der Waals surface area contributed by atoms with Crippen molar-refractivity contribution >= 4 is 34.8 Å². The topological polar surface area (TPSA) is 67.9 Å². The van der Waals surface area contributed by atoms with E-state index >= 15 is 0 Å². The number of benzene rings is 3. The summed E-state index contributed by atoms with van der Waals surface area (Å²) in [6, 6.07) is 17.7. The highest BCUT2D eigenvalue weighted by Gasteiger charge is 2.26. The number of hydrogen-bond acceptors (Lipinski definition) is 4. The van der Waals surface area contributed by atoms with Crippen molar-refractivity contribution in [1.82, 2.24) is 0 Å². The van der Waals surface area contributed by atoms with Crippen LogP contribution in [0.1, 0.15) is 5.56 Å². The Hall–Kier alpha value is -3.58. The number of carbonyl (C=O) groups is 2. The fraction of sp³-hybridized carbons (Fsp3) is 0.130. The van der Waals surface area contributed by atoms with Crippen LogP contribution in [0.25, 0.3) is 0 Å². The summed E-state index contributed by atoms with van der Waals surface area (Å²) in [7, 11) is 0. The molecule has 0 fully saturated rings. The average molecular weight is 441 g/mol. The Labute approximate surface area is 183 Å². The zero-order valence-corrected chi connectivity index (χ0v) is 17.1. The molecular formula is C23H18ClFN2O4. The molecule has 0 spiro atoms. The molecule has 0 atom stereocenters. The van der Waals surface area contributed by atoms with Crippen molar-refractivity contribution in [3.05, 3.63) is 83.1 Å². The second kappa shape index (κ2) is 9.06. The van der Waals surface area contributed by atoms with E-state index in [1.807, 2.05) is 0 Å². The Morgan fingerprint density at radius 2 is 1.84 bits per heavy atom. The minimum absolute atomic E-state index is 0.0885. The summed E-state index contributed by atoms with van der Waals surface area (Å²) >= 11 is 5.83. The van der Waals surface area contributed by atoms with Gasteiger partial charge in [-0.25, -0.2) is 4.39 Å². The molecule has 0 aromatic heterocycles. The van der Waals surface area contributed by atoms with Gasteiger partial charge < -0.3 is 19.7 Å². The number of rotatable bonds is 6. The highest BCUT2D eigenvalue weighted by Crippen LogP contribution is 2.35. The van der Waals surface area contributed by atoms with E-state index < -0.39 is 0 Å². The second-order valence-corrected chi connectivity index (χ2v) is 7.30. The molecule has 2 amide bonds. The van der Waals surface area contributed by atoms with E-state index in [2.05, 4.69) is 5.32 Å². The zero-order valence-electron chi connectivity index (χ0n) is 16.3. The monoisotopic (exact) mass is 440 g/mol. The van der Waals surface area contributed by atoms with Gasteiger partial charge in [0.15, 0.2) is 13.2 Å². The van der Waals surface area contributed by atoms with Crippen LogP contribution in [-0.2, 0) is 16.1 Å². The standard InChI is InChI=1S/C23H18ClFN2O4/c24-16-3-8-19(9-4-16)30-13-22(28)26-18-7-10-21-20(11-18)27(23(29)14-31-21)12-15-1-5-17(25)6-2-15/h1-11H,12-14H2,(H,26,28). The number of ether oxygens (including phenoxy) is 2. The highest BCUT2D eigenvalue weighted by atomic mass is 35.5. The third-order valence-corrected chi connectivity index (χ3v) is 4.88. The maximum absolute atomic E-state index is 13.2. The van der Waals surface area contributed by atoms with Gasteiger partial charge in [-0.05, 0) is 60.2 Å². The summed E-state index contributed by atoms with van der Waals surface area (Å²) in [5, 5.41) is 3.32. The first-order valence-electron chi connectivity index (χ1n) is 9.48. The minimum Gasteiger partial charge on any atom is -0.484 e. The van der Waals surface area contributed by atoms with Crippen LogP contribution in [0.15, 0.2) is 66.7 Å². The van der Waals surface area contributed by atoms with Crippen molar-refractivity contribution < 1.29 is 23.5 Å². The number of fused-ring (bicyclic) bond motifs is 1. The lowest BCUT2D eigenvalue weighted by Gasteiger charge is -2.30. The Morgan fingerprint density at radius 3 is 2.58 bits per heavy atom. The molecule has 1 heterocycles. The summed E-state index contributed by atoms with van der Waals surface area (Å²) in [5.41, 5.74) is 1.79. The number of hydrogen-bond donors (Lipinski definition) is 1. The van der Waals surface area contributed by atoms with Crippen molar-refractivity contribution in [2.75, 3.05) is 23.4 Å².